The molecule has 1 atom stereocenters. The summed E-state index contributed by atoms with van der Waals surface area (Å²) >= 11 is 0. The molecule has 1 unspecified atom stereocenters. The number of hydrogen-bond acceptors (Lipinski definition) is 3. The highest BCUT2D eigenvalue weighted by Crippen LogP contribution is 2.30. The number of pyridine rings is 1. The predicted molar refractivity (Wildman–Crippen MR) is 140 cm³/mol. The van der Waals surface area contributed by atoms with Gasteiger partial charge in [-0.05, 0) is 53.4 Å². The monoisotopic (exact) mass is 497 g/mol. The predicted octanol–water partition coefficient (Wildman–Crippen LogP) is 6.14. The van der Waals surface area contributed by atoms with Gasteiger partial charge in [-0.25, -0.2) is 4.39 Å². The van der Waals surface area contributed by atoms with Gasteiger partial charge in [-0.15, -0.1) is 24.8 Å². The summed E-state index contributed by atoms with van der Waals surface area (Å²) in [5, 5.41) is 2.78. The van der Waals surface area contributed by atoms with Crippen LogP contribution >= 0.6 is 24.8 Å². The minimum absolute atomic E-state index is 0. The summed E-state index contributed by atoms with van der Waals surface area (Å²) in [5.74, 6) is -1.13. The average Bonchev–Trinajstić information content (AvgIpc) is 2.81. The van der Waals surface area contributed by atoms with Gasteiger partial charge in [0.1, 0.15) is 5.82 Å². The fourth-order valence-corrected chi connectivity index (χ4v) is 3.89. The maximum Gasteiger partial charge on any atom is 0.242 e. The Morgan fingerprint density at radius 1 is 0.882 bits per heavy atom. The maximum atomic E-state index is 14.9. The smallest absolute Gasteiger partial charge is 0.242 e. The third-order valence-corrected chi connectivity index (χ3v) is 5.53. The zero-order chi connectivity index (χ0) is 22.5. The van der Waals surface area contributed by atoms with E-state index >= 15 is 0 Å². The normalized spacial score (nSPS) is 11.2. The number of rotatable bonds is 6. The summed E-state index contributed by atoms with van der Waals surface area (Å²) in [6, 6.07) is 24.9. The summed E-state index contributed by atoms with van der Waals surface area (Å²) in [4.78, 5) is 17.1. The largest absolute Gasteiger partial charge is 0.325 e. The Labute approximate surface area is 211 Å². The van der Waals surface area contributed by atoms with E-state index in [0.717, 1.165) is 22.3 Å². The zero-order valence-corrected chi connectivity index (χ0v) is 20.2. The summed E-state index contributed by atoms with van der Waals surface area (Å²) < 4.78 is 14.9. The van der Waals surface area contributed by atoms with Crippen molar-refractivity contribution < 1.29 is 9.18 Å². The molecule has 0 aliphatic heterocycles. The number of anilines is 1. The highest BCUT2D eigenvalue weighted by atomic mass is 35.5. The molecule has 3 N–H and O–H groups in total. The lowest BCUT2D eigenvalue weighted by Gasteiger charge is -2.24. The second-order valence-corrected chi connectivity index (χ2v) is 7.70. The Bertz CT molecular complexity index is 1180. The minimum atomic E-state index is -0.857. The van der Waals surface area contributed by atoms with E-state index in [1.807, 2.05) is 67.6 Å². The van der Waals surface area contributed by atoms with E-state index in [4.69, 9.17) is 5.73 Å². The van der Waals surface area contributed by atoms with Crippen LogP contribution in [0.5, 0.6) is 0 Å². The molecule has 4 rings (SSSR count). The number of carbonyl (C=O) groups is 1. The van der Waals surface area contributed by atoms with Gasteiger partial charge in [0.2, 0.25) is 5.91 Å². The van der Waals surface area contributed by atoms with Crippen molar-refractivity contribution in [3.63, 3.8) is 0 Å². The van der Waals surface area contributed by atoms with Crippen molar-refractivity contribution in [3.8, 4) is 11.1 Å². The molecule has 7 heteroatoms. The second kappa shape index (κ2) is 12.3. The van der Waals surface area contributed by atoms with Crippen molar-refractivity contribution in [2.24, 2.45) is 5.73 Å². The van der Waals surface area contributed by atoms with Crippen molar-refractivity contribution in [2.45, 2.75) is 18.9 Å². The van der Waals surface area contributed by atoms with Gasteiger partial charge in [-0.3, -0.25) is 9.78 Å². The third-order valence-electron chi connectivity index (χ3n) is 5.53. The summed E-state index contributed by atoms with van der Waals surface area (Å²) in [6.45, 7) is 1.88. The number of amides is 1. The van der Waals surface area contributed by atoms with E-state index in [9.17, 15) is 9.18 Å². The molecule has 0 radical (unpaired) electrons. The van der Waals surface area contributed by atoms with Crippen molar-refractivity contribution >= 4 is 36.4 Å². The first-order valence-corrected chi connectivity index (χ1v) is 10.4. The zero-order valence-electron chi connectivity index (χ0n) is 18.5. The van der Waals surface area contributed by atoms with E-state index in [1.54, 1.807) is 30.6 Å². The topological polar surface area (TPSA) is 68.0 Å². The molecule has 0 saturated carbocycles. The van der Waals surface area contributed by atoms with E-state index in [1.165, 1.54) is 6.07 Å². The molecule has 0 aliphatic rings. The van der Waals surface area contributed by atoms with Crippen molar-refractivity contribution in [3.05, 3.63) is 120 Å². The molecule has 34 heavy (non-hydrogen) atoms. The van der Waals surface area contributed by atoms with Crippen molar-refractivity contribution in [1.29, 1.82) is 0 Å². The molecule has 1 amide bonds. The van der Waals surface area contributed by atoms with Gasteiger partial charge in [-0.2, -0.15) is 0 Å². The Hall–Kier alpha value is -3.25. The average molecular weight is 498 g/mol. The van der Waals surface area contributed by atoms with Crippen molar-refractivity contribution in [2.75, 3.05) is 5.32 Å². The molecule has 4 aromatic rings. The van der Waals surface area contributed by atoms with Crippen LogP contribution in [-0.2, 0) is 4.79 Å². The Morgan fingerprint density at radius 2 is 1.47 bits per heavy atom. The number of nitrogens with zero attached hydrogens (tertiary/aromatic N) is 1. The van der Waals surface area contributed by atoms with Crippen LogP contribution in [0.4, 0.5) is 10.1 Å². The van der Waals surface area contributed by atoms with Gasteiger partial charge < -0.3 is 11.1 Å². The second-order valence-electron chi connectivity index (χ2n) is 7.70. The van der Waals surface area contributed by atoms with Gasteiger partial charge >= 0.3 is 0 Å². The maximum absolute atomic E-state index is 14.9. The van der Waals surface area contributed by atoms with Gasteiger partial charge in [0.15, 0.2) is 0 Å². The van der Waals surface area contributed by atoms with E-state index < -0.39 is 11.9 Å². The summed E-state index contributed by atoms with van der Waals surface area (Å²) in [5.41, 5.74) is 10.8. The first kappa shape index (κ1) is 27.0. The number of aryl methyl sites for hydroxylation is 1. The first-order valence-electron chi connectivity index (χ1n) is 10.4. The van der Waals surface area contributed by atoms with Crippen LogP contribution in [-0.4, -0.2) is 16.9 Å². The van der Waals surface area contributed by atoms with Crippen LogP contribution in [0.3, 0.4) is 0 Å². The number of nitrogens with one attached hydrogen (secondary N) is 1. The van der Waals surface area contributed by atoms with Crippen LogP contribution in [0.2, 0.25) is 0 Å². The molecule has 0 aliphatic carbocycles. The first-order chi connectivity index (χ1) is 15.5. The quantitative estimate of drug-likeness (QED) is 0.336. The molecule has 0 fully saturated rings. The lowest BCUT2D eigenvalue weighted by molar-refractivity contribution is -0.117. The molecule has 3 aromatic carbocycles. The fourth-order valence-electron chi connectivity index (χ4n) is 3.89. The summed E-state index contributed by atoms with van der Waals surface area (Å²) in [7, 11) is 0. The van der Waals surface area contributed by atoms with Crippen LogP contribution in [0.15, 0.2) is 97.3 Å². The van der Waals surface area contributed by atoms with Gasteiger partial charge in [0.05, 0.1) is 6.04 Å². The molecule has 176 valence electrons. The molecular formula is C27H26Cl2FN3O. The standard InChI is InChI=1S/C27H24FN3O.2ClH/c1-18-17-30-15-14-22(18)23-13-12-21(16-24(23)28)31-27(32)26(29)25(19-8-4-2-5-9-19)20-10-6-3-7-11-20;;/h2-17,25-26H,29H2,1H3,(H,31,32);2*1H. The van der Waals surface area contributed by atoms with Gasteiger partial charge in [0, 0.05) is 29.6 Å². The van der Waals surface area contributed by atoms with Gasteiger partial charge in [-0.1, -0.05) is 60.7 Å². The number of aromatic nitrogens is 1. The number of hydrogen-bond donors (Lipinski definition) is 2. The highest BCUT2D eigenvalue weighted by Gasteiger charge is 2.28. The fraction of sp³-hybridized carbons (Fsp3) is 0.111. The van der Waals surface area contributed by atoms with Crippen LogP contribution in [0, 0.1) is 12.7 Å². The van der Waals surface area contributed by atoms with Crippen LogP contribution < -0.4 is 11.1 Å². The summed E-state index contributed by atoms with van der Waals surface area (Å²) in [6.07, 6.45) is 3.32. The lowest BCUT2D eigenvalue weighted by atomic mass is 9.85. The molecule has 0 spiro atoms. The molecule has 1 aromatic heterocycles. The van der Waals surface area contributed by atoms with E-state index in [-0.39, 0.29) is 36.6 Å². The molecule has 0 saturated heterocycles. The van der Waals surface area contributed by atoms with Gasteiger partial charge in [0.25, 0.3) is 0 Å². The lowest BCUT2D eigenvalue weighted by Crippen LogP contribution is -2.41. The minimum Gasteiger partial charge on any atom is -0.325 e. The molecule has 4 nitrogen and oxygen atoms in total. The Kier molecular flexibility index (Phi) is 9.75. The Balaban J connectivity index is 0.00000204. The Morgan fingerprint density at radius 3 is 2.00 bits per heavy atom. The highest BCUT2D eigenvalue weighted by molar-refractivity contribution is 5.96. The van der Waals surface area contributed by atoms with E-state index in [0.29, 0.717) is 11.3 Å². The molecule has 1 heterocycles. The molecule has 0 bridgehead atoms. The third kappa shape index (κ3) is 6.00. The number of benzene rings is 3. The SMILES string of the molecule is Cc1cnccc1-c1ccc(NC(=O)C(N)C(c2ccccc2)c2ccccc2)cc1F.Cl.Cl. The number of carbonyl (C=O) groups excluding carboxylic acids is 1. The molecular weight excluding hydrogens is 472 g/mol. The van der Waals surface area contributed by atoms with Crippen molar-refractivity contribution in [1.82, 2.24) is 4.98 Å². The number of nitrogens with two attached hydrogens (primary N) is 1. The number of halogens is 3. The van der Waals surface area contributed by atoms with E-state index in [2.05, 4.69) is 10.3 Å². The van der Waals surface area contributed by atoms with Crippen LogP contribution in [0.1, 0.15) is 22.6 Å². The van der Waals surface area contributed by atoms with Crippen LogP contribution in [0.25, 0.3) is 11.1 Å².